The molecular weight excluding hydrogens is 220 g/mol. The molecule has 0 fully saturated rings. The smallest absolute Gasteiger partial charge is 0.320 e. The van der Waals surface area contributed by atoms with Gasteiger partial charge in [0.2, 0.25) is 0 Å². The summed E-state index contributed by atoms with van der Waals surface area (Å²) in [6.45, 7) is 8.16. The zero-order valence-electron chi connectivity index (χ0n) is 11.3. The minimum absolute atomic E-state index is 0.289. The van der Waals surface area contributed by atoms with E-state index in [-0.39, 0.29) is 13.2 Å². The molecular formula is C13H24O4. The van der Waals surface area contributed by atoms with Crippen molar-refractivity contribution < 1.29 is 19.1 Å². The molecule has 0 bridgehead atoms. The average molecular weight is 244 g/mol. The molecule has 0 N–H and O–H groups in total. The summed E-state index contributed by atoms with van der Waals surface area (Å²) >= 11 is 0. The summed E-state index contributed by atoms with van der Waals surface area (Å²) in [7, 11) is 0. The van der Waals surface area contributed by atoms with Gasteiger partial charge in [0.05, 0.1) is 13.2 Å². The van der Waals surface area contributed by atoms with E-state index in [1.807, 2.05) is 6.92 Å². The Bertz CT molecular complexity index is 220. The van der Waals surface area contributed by atoms with Crippen molar-refractivity contribution in [3.63, 3.8) is 0 Å². The van der Waals surface area contributed by atoms with E-state index >= 15 is 0 Å². The van der Waals surface area contributed by atoms with Gasteiger partial charge < -0.3 is 9.47 Å². The van der Waals surface area contributed by atoms with Crippen LogP contribution in [0.5, 0.6) is 0 Å². The standard InChI is InChI=1S/C13H24O4/c1-5-8-10(4)9-11(12(14)16-6-2)13(15)17-7-3/h10-11H,5-9H2,1-4H3/t10-/m0/s1. The van der Waals surface area contributed by atoms with Crippen molar-refractivity contribution in [3.05, 3.63) is 0 Å². The zero-order chi connectivity index (χ0) is 13.3. The molecule has 0 saturated carbocycles. The minimum atomic E-state index is -0.767. The van der Waals surface area contributed by atoms with Crippen LogP contribution in [0.2, 0.25) is 0 Å². The molecule has 0 aliphatic rings. The molecule has 0 aromatic rings. The van der Waals surface area contributed by atoms with Crippen molar-refractivity contribution in [1.82, 2.24) is 0 Å². The van der Waals surface area contributed by atoms with Crippen molar-refractivity contribution in [3.8, 4) is 0 Å². The summed E-state index contributed by atoms with van der Waals surface area (Å²) in [5.41, 5.74) is 0. The van der Waals surface area contributed by atoms with Gasteiger partial charge in [-0.2, -0.15) is 0 Å². The van der Waals surface area contributed by atoms with E-state index in [4.69, 9.17) is 9.47 Å². The van der Waals surface area contributed by atoms with Gasteiger partial charge in [0, 0.05) is 0 Å². The normalized spacial score (nSPS) is 12.3. The Morgan fingerprint density at radius 1 is 1.00 bits per heavy atom. The Kier molecular flexibility index (Phi) is 8.46. The van der Waals surface area contributed by atoms with Crippen molar-refractivity contribution in [2.75, 3.05) is 13.2 Å². The number of carbonyl (C=O) groups excluding carboxylic acids is 2. The van der Waals surface area contributed by atoms with Gasteiger partial charge in [-0.1, -0.05) is 26.7 Å². The lowest BCUT2D eigenvalue weighted by atomic mass is 9.92. The minimum Gasteiger partial charge on any atom is -0.465 e. The van der Waals surface area contributed by atoms with E-state index in [1.165, 1.54) is 0 Å². The topological polar surface area (TPSA) is 52.6 Å². The van der Waals surface area contributed by atoms with Gasteiger partial charge in [-0.25, -0.2) is 0 Å². The molecule has 0 rings (SSSR count). The number of hydrogen-bond donors (Lipinski definition) is 0. The monoisotopic (exact) mass is 244 g/mol. The molecule has 0 aliphatic carbocycles. The maximum Gasteiger partial charge on any atom is 0.320 e. The second kappa shape index (κ2) is 9.02. The Morgan fingerprint density at radius 2 is 1.47 bits per heavy atom. The molecule has 0 heterocycles. The highest BCUT2D eigenvalue weighted by atomic mass is 16.6. The van der Waals surface area contributed by atoms with Crippen LogP contribution in [0, 0.1) is 11.8 Å². The van der Waals surface area contributed by atoms with E-state index in [1.54, 1.807) is 13.8 Å². The fourth-order valence-corrected chi connectivity index (χ4v) is 1.79. The van der Waals surface area contributed by atoms with Crippen LogP contribution in [0.1, 0.15) is 47.0 Å². The van der Waals surface area contributed by atoms with E-state index in [2.05, 4.69) is 6.92 Å². The first-order valence-electron chi connectivity index (χ1n) is 6.39. The molecule has 17 heavy (non-hydrogen) atoms. The van der Waals surface area contributed by atoms with Crippen molar-refractivity contribution >= 4 is 11.9 Å². The molecule has 0 radical (unpaired) electrons. The maximum absolute atomic E-state index is 11.7. The summed E-state index contributed by atoms with van der Waals surface area (Å²) in [4.78, 5) is 23.4. The largest absolute Gasteiger partial charge is 0.465 e. The zero-order valence-corrected chi connectivity index (χ0v) is 11.3. The Morgan fingerprint density at radius 3 is 1.82 bits per heavy atom. The van der Waals surface area contributed by atoms with Gasteiger partial charge in [-0.3, -0.25) is 9.59 Å². The fraction of sp³-hybridized carbons (Fsp3) is 0.846. The molecule has 0 aromatic heterocycles. The van der Waals surface area contributed by atoms with Gasteiger partial charge in [0.15, 0.2) is 5.92 Å². The number of hydrogen-bond acceptors (Lipinski definition) is 4. The first kappa shape index (κ1) is 15.9. The molecule has 4 heteroatoms. The van der Waals surface area contributed by atoms with E-state index in [0.717, 1.165) is 12.8 Å². The van der Waals surface area contributed by atoms with Crippen LogP contribution in [0.25, 0.3) is 0 Å². The first-order valence-corrected chi connectivity index (χ1v) is 6.39. The Labute approximate surface area is 104 Å². The second-order valence-electron chi connectivity index (χ2n) is 4.19. The van der Waals surface area contributed by atoms with E-state index < -0.39 is 17.9 Å². The number of ether oxygens (including phenoxy) is 2. The molecule has 0 aromatic carbocycles. The summed E-state index contributed by atoms with van der Waals surface area (Å²) in [5.74, 6) is -1.38. The van der Waals surface area contributed by atoms with Gasteiger partial charge >= 0.3 is 11.9 Å². The maximum atomic E-state index is 11.7. The van der Waals surface area contributed by atoms with Crippen molar-refractivity contribution in [2.24, 2.45) is 11.8 Å². The lowest BCUT2D eigenvalue weighted by Gasteiger charge is -2.17. The van der Waals surface area contributed by atoms with Crippen LogP contribution < -0.4 is 0 Å². The quantitative estimate of drug-likeness (QED) is 0.486. The van der Waals surface area contributed by atoms with Crippen LogP contribution in [-0.2, 0) is 19.1 Å². The molecule has 0 saturated heterocycles. The Balaban J connectivity index is 4.49. The third-order valence-corrected chi connectivity index (χ3v) is 2.56. The lowest BCUT2D eigenvalue weighted by Crippen LogP contribution is -2.29. The van der Waals surface area contributed by atoms with E-state index in [0.29, 0.717) is 12.3 Å². The number of rotatable bonds is 8. The SMILES string of the molecule is CCC[C@H](C)CC(C(=O)OCC)C(=O)OCC. The third-order valence-electron chi connectivity index (χ3n) is 2.56. The molecule has 0 unspecified atom stereocenters. The highest BCUT2D eigenvalue weighted by Crippen LogP contribution is 2.19. The predicted molar refractivity (Wildman–Crippen MR) is 65.4 cm³/mol. The molecule has 100 valence electrons. The highest BCUT2D eigenvalue weighted by molar-refractivity contribution is 5.94. The summed E-state index contributed by atoms with van der Waals surface area (Å²) in [6, 6.07) is 0. The van der Waals surface area contributed by atoms with Crippen LogP contribution in [-0.4, -0.2) is 25.2 Å². The van der Waals surface area contributed by atoms with Crippen molar-refractivity contribution in [1.29, 1.82) is 0 Å². The van der Waals surface area contributed by atoms with E-state index in [9.17, 15) is 9.59 Å². The number of esters is 2. The Hall–Kier alpha value is -1.06. The van der Waals surface area contributed by atoms with Gasteiger partial charge in [0.25, 0.3) is 0 Å². The highest BCUT2D eigenvalue weighted by Gasteiger charge is 2.30. The van der Waals surface area contributed by atoms with Crippen LogP contribution in [0.15, 0.2) is 0 Å². The molecule has 4 nitrogen and oxygen atoms in total. The lowest BCUT2D eigenvalue weighted by molar-refractivity contribution is -0.162. The van der Waals surface area contributed by atoms with Crippen LogP contribution in [0.4, 0.5) is 0 Å². The predicted octanol–water partition coefficient (Wildman–Crippen LogP) is 2.56. The van der Waals surface area contributed by atoms with Gasteiger partial charge in [-0.15, -0.1) is 0 Å². The van der Waals surface area contributed by atoms with Gasteiger partial charge in [0.1, 0.15) is 0 Å². The van der Waals surface area contributed by atoms with Crippen LogP contribution in [0.3, 0.4) is 0 Å². The second-order valence-corrected chi connectivity index (χ2v) is 4.19. The molecule has 0 spiro atoms. The summed E-state index contributed by atoms with van der Waals surface area (Å²) in [6.07, 6.45) is 2.54. The fourth-order valence-electron chi connectivity index (χ4n) is 1.79. The average Bonchev–Trinajstić information content (AvgIpc) is 2.26. The third kappa shape index (κ3) is 6.29. The molecule has 1 atom stereocenters. The summed E-state index contributed by atoms with van der Waals surface area (Å²) in [5, 5.41) is 0. The molecule has 0 amide bonds. The van der Waals surface area contributed by atoms with Gasteiger partial charge in [-0.05, 0) is 26.2 Å². The van der Waals surface area contributed by atoms with Crippen LogP contribution >= 0.6 is 0 Å². The summed E-state index contributed by atoms with van der Waals surface area (Å²) < 4.78 is 9.82. The first-order chi connectivity index (χ1) is 8.06. The number of carbonyl (C=O) groups is 2. The van der Waals surface area contributed by atoms with Crippen molar-refractivity contribution in [2.45, 2.75) is 47.0 Å². The molecule has 0 aliphatic heterocycles.